The van der Waals surface area contributed by atoms with E-state index in [0.29, 0.717) is 10.7 Å². The molecule has 1 amide bonds. The molecule has 1 aromatic rings. The number of ether oxygens (including phenoxy) is 1. The Balaban J connectivity index is 2.61. The molecular formula is C10H15N3O4S. The van der Waals surface area contributed by atoms with Crippen LogP contribution in [0.5, 0.6) is 0 Å². The maximum absolute atomic E-state index is 11.5. The smallest absolute Gasteiger partial charge is 0.347 e. The Bertz CT molecular complexity index is 442. The molecule has 18 heavy (non-hydrogen) atoms. The summed E-state index contributed by atoms with van der Waals surface area (Å²) in [6, 6.07) is 0. The van der Waals surface area contributed by atoms with Crippen molar-refractivity contribution in [1.29, 1.82) is 0 Å². The third kappa shape index (κ3) is 3.49. The van der Waals surface area contributed by atoms with E-state index >= 15 is 0 Å². The van der Waals surface area contributed by atoms with Crippen LogP contribution in [-0.2, 0) is 16.1 Å². The Kier molecular flexibility index (Phi) is 5.20. The van der Waals surface area contributed by atoms with Crippen molar-refractivity contribution in [3.8, 4) is 0 Å². The highest BCUT2D eigenvalue weighted by molar-refractivity contribution is 7.13. The van der Waals surface area contributed by atoms with Gasteiger partial charge in [0.25, 0.3) is 5.91 Å². The lowest BCUT2D eigenvalue weighted by Gasteiger charge is -2.11. The normalized spacial score (nSPS) is 12.2. The summed E-state index contributed by atoms with van der Waals surface area (Å²) in [5.41, 5.74) is 5.79. The summed E-state index contributed by atoms with van der Waals surface area (Å²) in [5, 5.41) is 12.0. The zero-order chi connectivity index (χ0) is 13.7. The predicted octanol–water partition coefficient (Wildman–Crippen LogP) is -0.260. The summed E-state index contributed by atoms with van der Waals surface area (Å²) in [5.74, 6) is -1.36. The molecule has 0 aliphatic rings. The molecule has 1 atom stereocenters. The first kappa shape index (κ1) is 14.6. The lowest BCUT2D eigenvalue weighted by Crippen LogP contribution is -2.40. The summed E-state index contributed by atoms with van der Waals surface area (Å²) in [6.45, 7) is 1.86. The lowest BCUT2D eigenvalue weighted by atomic mass is 10.3. The van der Waals surface area contributed by atoms with Gasteiger partial charge in [-0.3, -0.25) is 4.79 Å². The van der Waals surface area contributed by atoms with E-state index in [1.807, 2.05) is 0 Å². The molecule has 0 aliphatic carbocycles. The number of nitrogens with two attached hydrogens (primary N) is 1. The highest BCUT2D eigenvalue weighted by Crippen LogP contribution is 2.17. The van der Waals surface area contributed by atoms with Gasteiger partial charge in [0.1, 0.15) is 16.0 Å². The van der Waals surface area contributed by atoms with Gasteiger partial charge >= 0.3 is 5.97 Å². The number of hydrogen-bond acceptors (Lipinski definition) is 6. The van der Waals surface area contributed by atoms with Crippen LogP contribution in [0.25, 0.3) is 0 Å². The van der Waals surface area contributed by atoms with Crippen molar-refractivity contribution in [1.82, 2.24) is 10.3 Å². The number of aryl methyl sites for hydroxylation is 1. The van der Waals surface area contributed by atoms with Gasteiger partial charge in [-0.1, -0.05) is 0 Å². The van der Waals surface area contributed by atoms with Crippen molar-refractivity contribution in [2.45, 2.75) is 19.6 Å². The van der Waals surface area contributed by atoms with Gasteiger partial charge in [-0.2, -0.15) is 0 Å². The van der Waals surface area contributed by atoms with Crippen LogP contribution in [-0.4, -0.2) is 41.7 Å². The van der Waals surface area contributed by atoms with Gasteiger partial charge in [0.2, 0.25) is 0 Å². The summed E-state index contributed by atoms with van der Waals surface area (Å²) < 4.78 is 4.87. The average molecular weight is 273 g/mol. The molecular weight excluding hydrogens is 258 g/mol. The Morgan fingerprint density at radius 1 is 1.61 bits per heavy atom. The largest absolute Gasteiger partial charge is 0.477 e. The zero-order valence-electron chi connectivity index (χ0n) is 10.1. The molecule has 0 radical (unpaired) electrons. The summed E-state index contributed by atoms with van der Waals surface area (Å²) in [6.07, 6.45) is -0.704. The molecule has 8 heteroatoms. The molecule has 100 valence electrons. The van der Waals surface area contributed by atoms with Crippen molar-refractivity contribution in [3.05, 3.63) is 15.6 Å². The molecule has 1 heterocycles. The second-order valence-corrected chi connectivity index (χ2v) is 4.59. The van der Waals surface area contributed by atoms with Crippen molar-refractivity contribution in [2.24, 2.45) is 5.73 Å². The fourth-order valence-electron chi connectivity index (χ4n) is 1.31. The van der Waals surface area contributed by atoms with E-state index in [2.05, 4.69) is 10.3 Å². The number of carboxylic acid groups (broad SMARTS) is 1. The Labute approximate surface area is 108 Å². The summed E-state index contributed by atoms with van der Waals surface area (Å²) in [7, 11) is 1.40. The van der Waals surface area contributed by atoms with Gasteiger partial charge in [-0.25, -0.2) is 9.78 Å². The summed E-state index contributed by atoms with van der Waals surface area (Å²) in [4.78, 5) is 26.6. The van der Waals surface area contributed by atoms with E-state index in [4.69, 9.17) is 15.6 Å². The Hall–Kier alpha value is -1.51. The minimum absolute atomic E-state index is 0.0829. The third-order valence-corrected chi connectivity index (χ3v) is 3.39. The van der Waals surface area contributed by atoms with E-state index in [0.717, 1.165) is 11.3 Å². The van der Waals surface area contributed by atoms with Crippen LogP contribution in [0.4, 0.5) is 0 Å². The number of methoxy groups -OCH3 is 1. The van der Waals surface area contributed by atoms with Gasteiger partial charge in [0, 0.05) is 13.7 Å². The monoisotopic (exact) mass is 273 g/mol. The van der Waals surface area contributed by atoms with Crippen LogP contribution < -0.4 is 11.1 Å². The average Bonchev–Trinajstić information content (AvgIpc) is 2.69. The van der Waals surface area contributed by atoms with Crippen molar-refractivity contribution >= 4 is 23.2 Å². The van der Waals surface area contributed by atoms with E-state index < -0.39 is 12.1 Å². The SMILES string of the molecule is COC(CN)C(=O)NCc1nc(C)c(C(=O)O)s1. The topological polar surface area (TPSA) is 115 Å². The van der Waals surface area contributed by atoms with Crippen LogP contribution in [0.2, 0.25) is 0 Å². The van der Waals surface area contributed by atoms with Crippen LogP contribution in [0.1, 0.15) is 20.4 Å². The number of hydrogen-bond donors (Lipinski definition) is 3. The fourth-order valence-corrected chi connectivity index (χ4v) is 2.16. The second-order valence-electron chi connectivity index (χ2n) is 3.51. The number of amides is 1. The quantitative estimate of drug-likeness (QED) is 0.658. The Morgan fingerprint density at radius 3 is 2.72 bits per heavy atom. The maximum atomic E-state index is 11.5. The van der Waals surface area contributed by atoms with Crippen molar-refractivity contribution in [2.75, 3.05) is 13.7 Å². The number of carbonyl (C=O) groups excluding carboxylic acids is 1. The predicted molar refractivity (Wildman–Crippen MR) is 65.5 cm³/mol. The maximum Gasteiger partial charge on any atom is 0.347 e. The molecule has 1 aromatic heterocycles. The number of carbonyl (C=O) groups is 2. The van der Waals surface area contributed by atoms with Crippen molar-refractivity contribution < 1.29 is 19.4 Å². The van der Waals surface area contributed by atoms with Gasteiger partial charge in [0.05, 0.1) is 12.2 Å². The minimum Gasteiger partial charge on any atom is -0.477 e. The number of thiazole rings is 1. The molecule has 0 aliphatic heterocycles. The van der Waals surface area contributed by atoms with Gasteiger partial charge in [-0.05, 0) is 6.92 Å². The van der Waals surface area contributed by atoms with E-state index in [1.54, 1.807) is 6.92 Å². The van der Waals surface area contributed by atoms with Gasteiger partial charge < -0.3 is 20.9 Å². The first-order valence-electron chi connectivity index (χ1n) is 5.19. The molecule has 4 N–H and O–H groups in total. The molecule has 0 saturated carbocycles. The number of aromatic nitrogens is 1. The molecule has 0 fully saturated rings. The first-order chi connectivity index (χ1) is 8.49. The minimum atomic E-state index is -1.01. The second kappa shape index (κ2) is 6.43. The van der Waals surface area contributed by atoms with Crippen molar-refractivity contribution in [3.63, 3.8) is 0 Å². The summed E-state index contributed by atoms with van der Waals surface area (Å²) >= 11 is 1.04. The molecule has 0 bridgehead atoms. The number of aromatic carboxylic acids is 1. The standard InChI is InChI=1S/C10H15N3O4S/c1-5-8(10(15)16)18-7(13-5)4-12-9(14)6(3-11)17-2/h6H,3-4,11H2,1-2H3,(H,12,14)(H,15,16). The molecule has 0 saturated heterocycles. The van der Waals surface area contributed by atoms with Crippen LogP contribution in [0, 0.1) is 6.92 Å². The van der Waals surface area contributed by atoms with E-state index in [1.165, 1.54) is 7.11 Å². The first-order valence-corrected chi connectivity index (χ1v) is 6.01. The third-order valence-electron chi connectivity index (χ3n) is 2.24. The fraction of sp³-hybridized carbons (Fsp3) is 0.500. The molecule has 1 rings (SSSR count). The number of rotatable bonds is 6. The Morgan fingerprint density at radius 2 is 2.28 bits per heavy atom. The molecule has 7 nitrogen and oxygen atoms in total. The zero-order valence-corrected chi connectivity index (χ0v) is 10.9. The molecule has 1 unspecified atom stereocenters. The van der Waals surface area contributed by atoms with Crippen LogP contribution in [0.3, 0.4) is 0 Å². The highest BCUT2D eigenvalue weighted by atomic mass is 32.1. The van der Waals surface area contributed by atoms with Gasteiger partial charge in [0.15, 0.2) is 0 Å². The van der Waals surface area contributed by atoms with Crippen LogP contribution >= 0.6 is 11.3 Å². The molecule has 0 aromatic carbocycles. The highest BCUT2D eigenvalue weighted by Gasteiger charge is 2.17. The number of nitrogens with one attached hydrogen (secondary N) is 1. The van der Waals surface area contributed by atoms with Crippen LogP contribution in [0.15, 0.2) is 0 Å². The number of nitrogens with zero attached hydrogens (tertiary/aromatic N) is 1. The molecule has 0 spiro atoms. The lowest BCUT2D eigenvalue weighted by molar-refractivity contribution is -0.130. The number of carboxylic acids is 1. The van der Waals surface area contributed by atoms with Gasteiger partial charge in [-0.15, -0.1) is 11.3 Å². The van der Waals surface area contributed by atoms with E-state index in [9.17, 15) is 9.59 Å². The van der Waals surface area contributed by atoms with E-state index in [-0.39, 0.29) is 23.9 Å².